The van der Waals surface area contributed by atoms with Crippen LogP contribution < -0.4 is 24.0 Å². The summed E-state index contributed by atoms with van der Waals surface area (Å²) in [7, 11) is 0. The Morgan fingerprint density at radius 3 is 2.24 bits per heavy atom. The zero-order valence-corrected chi connectivity index (χ0v) is 22.0. The molecule has 0 amide bonds. The van der Waals surface area contributed by atoms with E-state index in [2.05, 4.69) is 86.5 Å². The monoisotopic (exact) mass is 508 g/mol. The minimum atomic E-state index is 0.0622. The van der Waals surface area contributed by atoms with Gasteiger partial charge >= 0.3 is 0 Å². The first-order valence-electron chi connectivity index (χ1n) is 13.4. The molecule has 0 saturated heterocycles. The first kappa shape index (κ1) is 23.2. The van der Waals surface area contributed by atoms with Gasteiger partial charge in [-0.05, 0) is 83.3 Å². The van der Waals surface area contributed by atoms with E-state index in [1.165, 1.54) is 16.8 Å². The van der Waals surface area contributed by atoms with Crippen LogP contribution in [0.4, 0.5) is 5.69 Å². The zero-order valence-electron chi connectivity index (χ0n) is 22.0. The maximum atomic E-state index is 5.78. The van der Waals surface area contributed by atoms with Crippen molar-refractivity contribution in [3.05, 3.63) is 83.4 Å². The highest BCUT2D eigenvalue weighted by atomic mass is 16.7. The van der Waals surface area contributed by atoms with Crippen molar-refractivity contribution in [2.24, 2.45) is 22.4 Å². The Bertz CT molecular complexity index is 1440. The largest absolute Gasteiger partial charge is 0.454 e. The van der Waals surface area contributed by atoms with Gasteiger partial charge in [0.25, 0.3) is 0 Å². The molecule has 4 aliphatic rings. The van der Waals surface area contributed by atoms with Crippen molar-refractivity contribution in [2.75, 3.05) is 18.6 Å². The maximum Gasteiger partial charge on any atom is 0.231 e. The van der Waals surface area contributed by atoms with E-state index in [0.717, 1.165) is 47.1 Å². The summed E-state index contributed by atoms with van der Waals surface area (Å²) < 4.78 is 22.6. The summed E-state index contributed by atoms with van der Waals surface area (Å²) in [5, 5.41) is 7.57. The van der Waals surface area contributed by atoms with Crippen LogP contribution in [0.15, 0.2) is 77.4 Å². The van der Waals surface area contributed by atoms with Crippen LogP contribution in [0.25, 0.3) is 6.08 Å². The van der Waals surface area contributed by atoms with Gasteiger partial charge in [0.2, 0.25) is 13.6 Å². The number of hydrogen-bond acceptors (Lipinski definition) is 6. The van der Waals surface area contributed by atoms with Crippen LogP contribution in [-0.2, 0) is 0 Å². The quantitative estimate of drug-likeness (QED) is 0.374. The molecule has 3 heterocycles. The molecule has 0 unspecified atom stereocenters. The lowest BCUT2D eigenvalue weighted by Gasteiger charge is -2.40. The average molecular weight is 509 g/mol. The number of para-hydroxylation sites is 1. The standard InChI is InChI=1S/C32H32N2O4/c1-32(2,3)23-15-22(13-20-9-11-26-28(14-20)37-18-35-26)30-25(17-23)31(34(33-30)24-7-5-4-6-8-24)21-10-12-27-29(16-21)38-19-36-27/h4-14,16,23,25,31H,15,17-19H2,1-3H3/b22-13+/t23-,25+,31+/m0/s1. The second-order valence-electron chi connectivity index (χ2n) is 11.6. The van der Waals surface area contributed by atoms with Crippen LogP contribution in [0, 0.1) is 17.3 Å². The molecule has 3 aromatic rings. The molecule has 194 valence electrons. The second-order valence-corrected chi connectivity index (χ2v) is 11.6. The van der Waals surface area contributed by atoms with Crippen LogP contribution in [-0.4, -0.2) is 19.3 Å². The molecule has 38 heavy (non-hydrogen) atoms. The fourth-order valence-electron chi connectivity index (χ4n) is 6.14. The lowest BCUT2D eigenvalue weighted by atomic mass is 9.65. The van der Waals surface area contributed by atoms with Crippen LogP contribution in [0.1, 0.15) is 50.8 Å². The predicted octanol–water partition coefficient (Wildman–Crippen LogP) is 7.22. The molecule has 6 nitrogen and oxygen atoms in total. The average Bonchev–Trinajstić information content (AvgIpc) is 3.66. The first-order chi connectivity index (χ1) is 18.4. The van der Waals surface area contributed by atoms with Crippen molar-refractivity contribution in [1.82, 2.24) is 0 Å². The molecule has 0 aromatic heterocycles. The number of nitrogens with zero attached hydrogens (tertiary/aromatic N) is 2. The van der Waals surface area contributed by atoms with E-state index in [-0.39, 0.29) is 31.0 Å². The maximum absolute atomic E-state index is 5.78. The SMILES string of the molecule is CC(C)(C)[C@H]1C/C(=C\c2ccc3c(c2)OCO3)C2=NN(c3ccccc3)[C@H](c3ccc4c(c3)OCO4)[C@@H]2C1. The minimum absolute atomic E-state index is 0.0622. The van der Waals surface area contributed by atoms with Gasteiger partial charge in [-0.15, -0.1) is 0 Å². The van der Waals surface area contributed by atoms with Crippen LogP contribution in [0.3, 0.4) is 0 Å². The fraction of sp³-hybridized carbons (Fsp3) is 0.344. The van der Waals surface area contributed by atoms with Crippen LogP contribution in [0.2, 0.25) is 0 Å². The van der Waals surface area contributed by atoms with Crippen molar-refractivity contribution < 1.29 is 18.9 Å². The third-order valence-electron chi connectivity index (χ3n) is 8.27. The number of hydrazone groups is 1. The number of allylic oxidation sites excluding steroid dienone is 1. The normalized spacial score (nSPS) is 24.5. The van der Waals surface area contributed by atoms with Crippen molar-refractivity contribution in [1.29, 1.82) is 0 Å². The number of hydrogen-bond donors (Lipinski definition) is 0. The Kier molecular flexibility index (Phi) is 5.39. The summed E-state index contributed by atoms with van der Waals surface area (Å²) in [4.78, 5) is 0. The van der Waals surface area contributed by atoms with Gasteiger partial charge in [0.1, 0.15) is 0 Å². The van der Waals surface area contributed by atoms with Gasteiger partial charge in [0.05, 0.1) is 17.4 Å². The summed E-state index contributed by atoms with van der Waals surface area (Å²) in [6.45, 7) is 7.62. The predicted molar refractivity (Wildman–Crippen MR) is 148 cm³/mol. The lowest BCUT2D eigenvalue weighted by Crippen LogP contribution is -2.35. The molecule has 0 radical (unpaired) electrons. The molecule has 3 atom stereocenters. The lowest BCUT2D eigenvalue weighted by molar-refractivity contribution is 0.173. The molecule has 6 heteroatoms. The number of anilines is 1. The molecule has 1 saturated carbocycles. The molecule has 0 N–H and O–H groups in total. The zero-order chi connectivity index (χ0) is 25.9. The molecular weight excluding hydrogens is 476 g/mol. The molecule has 3 aliphatic heterocycles. The molecule has 1 aliphatic carbocycles. The number of benzene rings is 3. The van der Waals surface area contributed by atoms with Gasteiger partial charge < -0.3 is 18.9 Å². The van der Waals surface area contributed by atoms with E-state index in [1.54, 1.807) is 0 Å². The van der Waals surface area contributed by atoms with E-state index < -0.39 is 0 Å². The second kappa shape index (κ2) is 8.83. The van der Waals surface area contributed by atoms with Crippen molar-refractivity contribution >= 4 is 17.5 Å². The molecule has 3 aromatic carbocycles. The summed E-state index contributed by atoms with van der Waals surface area (Å²) in [6, 6.07) is 23.1. The molecule has 0 spiro atoms. The van der Waals surface area contributed by atoms with E-state index >= 15 is 0 Å². The molecular formula is C32H32N2O4. The highest BCUT2D eigenvalue weighted by molar-refractivity contribution is 6.08. The minimum Gasteiger partial charge on any atom is -0.454 e. The fourth-order valence-corrected chi connectivity index (χ4v) is 6.14. The van der Waals surface area contributed by atoms with E-state index in [9.17, 15) is 0 Å². The van der Waals surface area contributed by atoms with E-state index in [0.29, 0.717) is 5.92 Å². The van der Waals surface area contributed by atoms with Gasteiger partial charge in [-0.2, -0.15) is 5.10 Å². The number of rotatable bonds is 3. The highest BCUT2D eigenvalue weighted by Gasteiger charge is 2.46. The van der Waals surface area contributed by atoms with Gasteiger partial charge in [0, 0.05) is 5.92 Å². The van der Waals surface area contributed by atoms with Crippen molar-refractivity contribution in [3.63, 3.8) is 0 Å². The van der Waals surface area contributed by atoms with E-state index in [4.69, 9.17) is 24.0 Å². The van der Waals surface area contributed by atoms with Crippen LogP contribution >= 0.6 is 0 Å². The Morgan fingerprint density at radius 2 is 1.50 bits per heavy atom. The summed E-state index contributed by atoms with van der Waals surface area (Å²) >= 11 is 0. The summed E-state index contributed by atoms with van der Waals surface area (Å²) in [5.74, 6) is 3.98. The third-order valence-corrected chi connectivity index (χ3v) is 8.27. The third kappa shape index (κ3) is 3.99. The summed E-state index contributed by atoms with van der Waals surface area (Å²) in [5.41, 5.74) is 6.03. The topological polar surface area (TPSA) is 52.5 Å². The van der Waals surface area contributed by atoms with Crippen molar-refractivity contribution in [2.45, 2.75) is 39.7 Å². The number of fused-ring (bicyclic) bond motifs is 3. The van der Waals surface area contributed by atoms with Gasteiger partial charge in [-0.25, -0.2) is 0 Å². The van der Waals surface area contributed by atoms with Crippen molar-refractivity contribution in [3.8, 4) is 23.0 Å². The smallest absolute Gasteiger partial charge is 0.231 e. The molecule has 0 bridgehead atoms. The highest BCUT2D eigenvalue weighted by Crippen LogP contribution is 2.52. The Labute approximate surface area is 223 Å². The Morgan fingerprint density at radius 1 is 0.816 bits per heavy atom. The van der Waals surface area contributed by atoms with Gasteiger partial charge in [-0.1, -0.05) is 51.1 Å². The van der Waals surface area contributed by atoms with Gasteiger partial charge in [-0.3, -0.25) is 5.01 Å². The number of ether oxygens (including phenoxy) is 4. The van der Waals surface area contributed by atoms with E-state index in [1.807, 2.05) is 12.1 Å². The Balaban J connectivity index is 1.35. The van der Waals surface area contributed by atoms with Crippen LogP contribution in [0.5, 0.6) is 23.0 Å². The summed E-state index contributed by atoms with van der Waals surface area (Å²) in [6.07, 6.45) is 4.36. The molecule has 1 fully saturated rings. The Hall–Kier alpha value is -3.93. The molecule has 7 rings (SSSR count). The first-order valence-corrected chi connectivity index (χ1v) is 13.4. The van der Waals surface area contributed by atoms with Gasteiger partial charge in [0.15, 0.2) is 23.0 Å².